The van der Waals surface area contributed by atoms with Crippen LogP contribution in [0.5, 0.6) is 0 Å². The summed E-state index contributed by atoms with van der Waals surface area (Å²) in [4.78, 5) is 15.6. The third-order valence-corrected chi connectivity index (χ3v) is 12.8. The van der Waals surface area contributed by atoms with E-state index in [1.165, 1.54) is 52.8 Å². The second-order valence-corrected chi connectivity index (χ2v) is 16.3. The van der Waals surface area contributed by atoms with Crippen LogP contribution in [0.25, 0.3) is 115 Å². The molecule has 0 radical (unpaired) electrons. The van der Waals surface area contributed by atoms with Crippen LogP contribution in [0.3, 0.4) is 0 Å². The third-order valence-electron chi connectivity index (χ3n) is 11.6. The first kappa shape index (κ1) is 34.3. The van der Waals surface area contributed by atoms with E-state index < -0.39 is 0 Å². The van der Waals surface area contributed by atoms with Gasteiger partial charge in [-0.1, -0.05) is 158 Å². The first-order valence-corrected chi connectivity index (χ1v) is 21.0. The number of hydrogen-bond acceptors (Lipinski definition) is 4. The first-order chi connectivity index (χ1) is 29.7. The standard InChI is InChI=1S/C55H34N4S/c1-3-15-35(16-4-1)37-21-13-22-40(31-37)54-56-53(36-17-5-2-6-18-36)57-55(58-54)41-29-30-49(47(33-41)45-26-14-25-44-43-24-10-12-28-51(43)60-52(44)45)59-48-27-11-9-23-42(48)46-32-38-19-7-8-20-39(38)34-50(46)59/h1-34H. The number of thiophene rings is 1. The van der Waals surface area contributed by atoms with Crippen LogP contribution in [0, 0.1) is 0 Å². The Morgan fingerprint density at radius 3 is 1.72 bits per heavy atom. The van der Waals surface area contributed by atoms with Gasteiger partial charge in [0.25, 0.3) is 0 Å². The van der Waals surface area contributed by atoms with Crippen molar-refractivity contribution in [2.24, 2.45) is 0 Å². The monoisotopic (exact) mass is 782 g/mol. The van der Waals surface area contributed by atoms with Gasteiger partial charge in [0.2, 0.25) is 0 Å². The van der Waals surface area contributed by atoms with Crippen molar-refractivity contribution >= 4 is 64.1 Å². The Morgan fingerprint density at radius 1 is 0.333 bits per heavy atom. The Bertz CT molecular complexity index is 3610. The molecule has 60 heavy (non-hydrogen) atoms. The molecule has 3 aromatic heterocycles. The van der Waals surface area contributed by atoms with Crippen molar-refractivity contribution in [3.8, 4) is 62.1 Å². The summed E-state index contributed by atoms with van der Waals surface area (Å²) >= 11 is 1.85. The van der Waals surface area contributed by atoms with Crippen LogP contribution in [0.4, 0.5) is 0 Å². The molecule has 0 N–H and O–H groups in total. The highest BCUT2D eigenvalue weighted by atomic mass is 32.1. The van der Waals surface area contributed by atoms with Crippen LogP contribution in [0.15, 0.2) is 206 Å². The predicted molar refractivity (Wildman–Crippen MR) is 252 cm³/mol. The van der Waals surface area contributed by atoms with E-state index >= 15 is 0 Å². The average Bonchev–Trinajstić information content (AvgIpc) is 3.86. The second-order valence-electron chi connectivity index (χ2n) is 15.2. The summed E-state index contributed by atoms with van der Waals surface area (Å²) in [5.41, 5.74) is 10.7. The highest BCUT2D eigenvalue weighted by molar-refractivity contribution is 7.26. The molecule has 0 saturated heterocycles. The molecule has 4 nitrogen and oxygen atoms in total. The molecule has 0 spiro atoms. The summed E-state index contributed by atoms with van der Waals surface area (Å²) in [6.45, 7) is 0. The van der Waals surface area contributed by atoms with Crippen molar-refractivity contribution in [2.45, 2.75) is 0 Å². The number of benzene rings is 9. The first-order valence-electron chi connectivity index (χ1n) is 20.2. The maximum atomic E-state index is 5.27. The van der Waals surface area contributed by atoms with Crippen LogP contribution < -0.4 is 0 Å². The zero-order valence-corrected chi connectivity index (χ0v) is 33.1. The molecule has 0 fully saturated rings. The molecule has 0 saturated carbocycles. The minimum absolute atomic E-state index is 0.619. The molecule has 12 rings (SSSR count). The van der Waals surface area contributed by atoms with Gasteiger partial charge < -0.3 is 4.57 Å². The third kappa shape index (κ3) is 5.70. The van der Waals surface area contributed by atoms with Crippen molar-refractivity contribution < 1.29 is 0 Å². The van der Waals surface area contributed by atoms with Gasteiger partial charge in [-0.15, -0.1) is 11.3 Å². The molecule has 0 bridgehead atoms. The molecular formula is C55H34N4S. The second kappa shape index (κ2) is 14.0. The van der Waals surface area contributed by atoms with E-state index in [2.05, 4.69) is 187 Å². The highest BCUT2D eigenvalue weighted by Crippen LogP contribution is 2.45. The van der Waals surface area contributed by atoms with Crippen molar-refractivity contribution in [2.75, 3.05) is 0 Å². The van der Waals surface area contributed by atoms with Gasteiger partial charge >= 0.3 is 0 Å². The normalized spacial score (nSPS) is 11.7. The lowest BCUT2D eigenvalue weighted by molar-refractivity contribution is 1.07. The molecule has 0 aliphatic carbocycles. The van der Waals surface area contributed by atoms with Crippen LogP contribution in [-0.4, -0.2) is 19.5 Å². The van der Waals surface area contributed by atoms with Gasteiger partial charge in [-0.05, 0) is 70.4 Å². The number of fused-ring (bicyclic) bond motifs is 7. The number of nitrogens with zero attached hydrogens (tertiary/aromatic N) is 4. The van der Waals surface area contributed by atoms with E-state index in [-0.39, 0.29) is 0 Å². The van der Waals surface area contributed by atoms with Gasteiger partial charge in [-0.25, -0.2) is 15.0 Å². The average molecular weight is 783 g/mol. The van der Waals surface area contributed by atoms with Crippen molar-refractivity contribution in [1.29, 1.82) is 0 Å². The van der Waals surface area contributed by atoms with E-state index in [9.17, 15) is 0 Å². The summed E-state index contributed by atoms with van der Waals surface area (Å²) in [7, 11) is 0. The van der Waals surface area contributed by atoms with Crippen molar-refractivity contribution in [3.05, 3.63) is 206 Å². The fourth-order valence-electron chi connectivity index (χ4n) is 8.78. The van der Waals surface area contributed by atoms with Crippen LogP contribution >= 0.6 is 11.3 Å². The topological polar surface area (TPSA) is 43.6 Å². The number of aromatic nitrogens is 4. The molecule has 280 valence electrons. The molecule has 0 unspecified atom stereocenters. The number of rotatable bonds is 6. The maximum Gasteiger partial charge on any atom is 0.164 e. The summed E-state index contributed by atoms with van der Waals surface area (Å²) in [5, 5.41) is 7.42. The zero-order valence-electron chi connectivity index (χ0n) is 32.3. The molecule has 9 aromatic carbocycles. The quantitative estimate of drug-likeness (QED) is 0.169. The van der Waals surface area contributed by atoms with Crippen LogP contribution in [0.2, 0.25) is 0 Å². The van der Waals surface area contributed by atoms with Gasteiger partial charge in [0.15, 0.2) is 17.5 Å². The van der Waals surface area contributed by atoms with Crippen molar-refractivity contribution in [3.63, 3.8) is 0 Å². The van der Waals surface area contributed by atoms with Gasteiger partial charge in [-0.3, -0.25) is 0 Å². The zero-order chi connectivity index (χ0) is 39.6. The lowest BCUT2D eigenvalue weighted by atomic mass is 9.98. The molecule has 0 aliphatic rings. The largest absolute Gasteiger partial charge is 0.309 e. The molecule has 0 aliphatic heterocycles. The van der Waals surface area contributed by atoms with Gasteiger partial charge in [-0.2, -0.15) is 0 Å². The molecule has 5 heteroatoms. The Kier molecular flexibility index (Phi) is 8.00. The predicted octanol–water partition coefficient (Wildman–Crippen LogP) is 14.8. The Morgan fingerprint density at radius 2 is 0.917 bits per heavy atom. The van der Waals surface area contributed by atoms with E-state index in [0.717, 1.165) is 44.6 Å². The minimum atomic E-state index is 0.619. The summed E-state index contributed by atoms with van der Waals surface area (Å²) in [5.74, 6) is 1.88. The number of para-hydroxylation sites is 1. The Hall–Kier alpha value is -7.73. The maximum absolute atomic E-state index is 5.27. The molecule has 3 heterocycles. The van der Waals surface area contributed by atoms with E-state index in [4.69, 9.17) is 15.0 Å². The summed E-state index contributed by atoms with van der Waals surface area (Å²) in [6.07, 6.45) is 0. The fraction of sp³-hybridized carbons (Fsp3) is 0. The Labute approximate surface area is 350 Å². The minimum Gasteiger partial charge on any atom is -0.309 e. The number of hydrogen-bond donors (Lipinski definition) is 0. The molecule has 12 aromatic rings. The lowest BCUT2D eigenvalue weighted by Crippen LogP contribution is -2.02. The summed E-state index contributed by atoms with van der Waals surface area (Å²) < 4.78 is 4.97. The SMILES string of the molecule is c1ccc(-c2cccc(-c3nc(-c4ccccc4)nc(-c4ccc(-n5c6ccccc6c6cc7ccccc7cc65)c(-c5cccc6c5sc5ccccc56)c4)n3)c2)cc1. The molecule has 0 amide bonds. The van der Waals surface area contributed by atoms with Crippen molar-refractivity contribution in [1.82, 2.24) is 19.5 Å². The Balaban J connectivity index is 1.13. The molecule has 0 atom stereocenters. The molecular weight excluding hydrogens is 749 g/mol. The lowest BCUT2D eigenvalue weighted by Gasteiger charge is -2.17. The van der Waals surface area contributed by atoms with Gasteiger partial charge in [0.05, 0.1) is 16.7 Å². The fourth-order valence-corrected chi connectivity index (χ4v) is 10.0. The van der Waals surface area contributed by atoms with Crippen LogP contribution in [-0.2, 0) is 0 Å². The van der Waals surface area contributed by atoms with E-state index in [1.54, 1.807) is 0 Å². The van der Waals surface area contributed by atoms with E-state index in [1.807, 2.05) is 35.6 Å². The van der Waals surface area contributed by atoms with E-state index in [0.29, 0.717) is 17.5 Å². The smallest absolute Gasteiger partial charge is 0.164 e. The van der Waals surface area contributed by atoms with Crippen LogP contribution in [0.1, 0.15) is 0 Å². The van der Waals surface area contributed by atoms with Gasteiger partial charge in [0, 0.05) is 58.8 Å². The highest BCUT2D eigenvalue weighted by Gasteiger charge is 2.21. The summed E-state index contributed by atoms with van der Waals surface area (Å²) in [6, 6.07) is 73.4. The van der Waals surface area contributed by atoms with Gasteiger partial charge in [0.1, 0.15) is 0 Å².